The predicted molar refractivity (Wildman–Crippen MR) is 113 cm³/mol. The van der Waals surface area contributed by atoms with E-state index in [1.165, 1.54) is 41.8 Å². The minimum atomic E-state index is -0.374. The maximum atomic E-state index is 13.2. The Bertz CT molecular complexity index is 866. The number of benzene rings is 1. The minimum Gasteiger partial charge on any atom is -0.335 e. The van der Waals surface area contributed by atoms with E-state index in [9.17, 15) is 14.0 Å². The quantitative estimate of drug-likeness (QED) is 0.777. The fraction of sp³-hybridized carbons (Fsp3) is 0.455. The average Bonchev–Trinajstić information content (AvgIpc) is 2.98. The number of hydrogen-bond donors (Lipinski definition) is 1. The molecule has 29 heavy (non-hydrogen) atoms. The maximum Gasteiger partial charge on any atom is 0.264 e. The van der Waals surface area contributed by atoms with Crippen molar-refractivity contribution in [2.45, 2.75) is 32.1 Å². The Hall–Kier alpha value is -2.25. The van der Waals surface area contributed by atoms with Crippen molar-refractivity contribution < 1.29 is 14.0 Å². The molecule has 1 aliphatic heterocycles. The number of carbonyl (C=O) groups is 2. The third-order valence-corrected chi connectivity index (χ3v) is 6.82. The highest BCUT2D eigenvalue weighted by molar-refractivity contribution is 7.14. The molecule has 2 aromatic rings. The molecule has 2 amide bonds. The topological polar surface area (TPSA) is 52.7 Å². The summed E-state index contributed by atoms with van der Waals surface area (Å²) in [4.78, 5) is 31.3. The van der Waals surface area contributed by atoms with E-state index < -0.39 is 0 Å². The van der Waals surface area contributed by atoms with Crippen molar-refractivity contribution in [3.05, 3.63) is 51.5 Å². The van der Waals surface area contributed by atoms with Crippen LogP contribution >= 0.6 is 11.3 Å². The van der Waals surface area contributed by atoms with Crippen LogP contribution < -0.4 is 5.32 Å². The highest BCUT2D eigenvalue weighted by Crippen LogP contribution is 2.30. The number of aryl methyl sites for hydroxylation is 2. The molecular formula is C22H26FN3O2S. The summed E-state index contributed by atoms with van der Waals surface area (Å²) < 4.78 is 13.2. The summed E-state index contributed by atoms with van der Waals surface area (Å²) in [5.41, 5.74) is 1.82. The summed E-state index contributed by atoms with van der Waals surface area (Å²) in [6.07, 6.45) is 5.90. The smallest absolute Gasteiger partial charge is 0.264 e. The molecule has 0 bridgehead atoms. The maximum absolute atomic E-state index is 13.2. The summed E-state index contributed by atoms with van der Waals surface area (Å²) in [6, 6.07) is 7.99. The monoisotopic (exact) mass is 415 g/mol. The van der Waals surface area contributed by atoms with Gasteiger partial charge in [0.1, 0.15) is 5.82 Å². The first-order chi connectivity index (χ1) is 14.1. The molecule has 7 heteroatoms. The van der Waals surface area contributed by atoms with Gasteiger partial charge in [-0.25, -0.2) is 4.39 Å². The number of nitrogens with zero attached hydrogens (tertiary/aromatic N) is 2. The summed E-state index contributed by atoms with van der Waals surface area (Å²) in [7, 11) is 0. The van der Waals surface area contributed by atoms with Crippen LogP contribution in [0, 0.1) is 5.82 Å². The molecule has 1 N–H and O–H groups in total. The Morgan fingerprint density at radius 1 is 1.03 bits per heavy atom. The summed E-state index contributed by atoms with van der Waals surface area (Å²) in [6.45, 7) is 2.80. The first-order valence-electron chi connectivity index (χ1n) is 10.3. The third-order valence-electron chi connectivity index (χ3n) is 5.59. The predicted octanol–water partition coefficient (Wildman–Crippen LogP) is 3.55. The lowest BCUT2D eigenvalue weighted by Crippen LogP contribution is -2.50. The molecule has 1 aromatic carbocycles. The van der Waals surface area contributed by atoms with E-state index >= 15 is 0 Å². The van der Waals surface area contributed by atoms with Crippen molar-refractivity contribution in [2.75, 3.05) is 38.0 Å². The third kappa shape index (κ3) is 5.03. The number of hydrogen-bond acceptors (Lipinski definition) is 4. The molecule has 0 atom stereocenters. The lowest BCUT2D eigenvalue weighted by molar-refractivity contribution is -0.117. The fourth-order valence-electron chi connectivity index (χ4n) is 4.01. The number of fused-ring (bicyclic) bond motifs is 1. The van der Waals surface area contributed by atoms with Crippen LogP contribution in [0.2, 0.25) is 0 Å². The van der Waals surface area contributed by atoms with Gasteiger partial charge in [0.25, 0.3) is 5.91 Å². The standard InChI is InChI=1S/C22H26FN3O2S/c23-17-6-4-7-18(14-17)24-21(27)15-25-9-11-26(12-10-25)22(28)20-13-16-5-2-1-3-8-19(16)29-20/h4,6-7,13-14H,1-3,5,8-12,15H2,(H,24,27). The summed E-state index contributed by atoms with van der Waals surface area (Å²) in [5.74, 6) is -0.426. The van der Waals surface area contributed by atoms with Crippen molar-refractivity contribution in [1.82, 2.24) is 9.80 Å². The molecule has 2 heterocycles. The number of anilines is 1. The first-order valence-corrected chi connectivity index (χ1v) is 11.1. The highest BCUT2D eigenvalue weighted by Gasteiger charge is 2.25. The summed E-state index contributed by atoms with van der Waals surface area (Å²) in [5, 5.41) is 2.72. The van der Waals surface area contributed by atoms with Crippen LogP contribution in [-0.2, 0) is 17.6 Å². The number of piperazine rings is 1. The molecule has 1 aromatic heterocycles. The average molecular weight is 416 g/mol. The molecule has 0 radical (unpaired) electrons. The number of amides is 2. The van der Waals surface area contributed by atoms with Gasteiger partial charge in [0.05, 0.1) is 11.4 Å². The van der Waals surface area contributed by atoms with Crippen LogP contribution in [0.5, 0.6) is 0 Å². The second-order valence-electron chi connectivity index (χ2n) is 7.75. The molecule has 1 saturated heterocycles. The van der Waals surface area contributed by atoms with Crippen LogP contribution in [-0.4, -0.2) is 54.3 Å². The Morgan fingerprint density at radius 2 is 1.83 bits per heavy atom. The molecule has 0 unspecified atom stereocenters. The minimum absolute atomic E-state index is 0.118. The van der Waals surface area contributed by atoms with Crippen LogP contribution in [0.1, 0.15) is 39.4 Å². The van der Waals surface area contributed by atoms with Gasteiger partial charge in [0, 0.05) is 36.7 Å². The van der Waals surface area contributed by atoms with E-state index in [4.69, 9.17) is 0 Å². The van der Waals surface area contributed by atoms with Gasteiger partial charge in [-0.3, -0.25) is 14.5 Å². The van der Waals surface area contributed by atoms with Gasteiger partial charge in [-0.1, -0.05) is 12.5 Å². The van der Waals surface area contributed by atoms with Crippen LogP contribution in [0.15, 0.2) is 30.3 Å². The lowest BCUT2D eigenvalue weighted by Gasteiger charge is -2.34. The van der Waals surface area contributed by atoms with Gasteiger partial charge < -0.3 is 10.2 Å². The van der Waals surface area contributed by atoms with Crippen LogP contribution in [0.25, 0.3) is 0 Å². The summed E-state index contributed by atoms with van der Waals surface area (Å²) >= 11 is 1.66. The zero-order valence-corrected chi connectivity index (χ0v) is 17.3. The van der Waals surface area contributed by atoms with Crippen molar-refractivity contribution in [2.24, 2.45) is 0 Å². The number of thiophene rings is 1. The zero-order chi connectivity index (χ0) is 20.2. The van der Waals surface area contributed by atoms with Crippen molar-refractivity contribution in [3.8, 4) is 0 Å². The lowest BCUT2D eigenvalue weighted by atomic mass is 10.1. The van der Waals surface area contributed by atoms with E-state index in [1.807, 2.05) is 9.80 Å². The van der Waals surface area contributed by atoms with Gasteiger partial charge in [-0.2, -0.15) is 0 Å². The van der Waals surface area contributed by atoms with Gasteiger partial charge in [0.15, 0.2) is 0 Å². The SMILES string of the molecule is O=C(CN1CCN(C(=O)c2cc3c(s2)CCCCC3)CC1)Nc1cccc(F)c1. The normalized spacial score (nSPS) is 17.5. The zero-order valence-electron chi connectivity index (χ0n) is 16.5. The molecule has 0 saturated carbocycles. The Labute approximate surface area is 174 Å². The van der Waals surface area contributed by atoms with Crippen LogP contribution in [0.3, 0.4) is 0 Å². The van der Waals surface area contributed by atoms with E-state index in [0.717, 1.165) is 17.7 Å². The van der Waals surface area contributed by atoms with Gasteiger partial charge in [-0.15, -0.1) is 11.3 Å². The van der Waals surface area contributed by atoms with Gasteiger partial charge >= 0.3 is 0 Å². The van der Waals surface area contributed by atoms with Gasteiger partial charge in [-0.05, 0) is 55.5 Å². The van der Waals surface area contributed by atoms with Crippen LogP contribution in [0.4, 0.5) is 10.1 Å². The molecule has 154 valence electrons. The molecule has 1 fully saturated rings. The van der Waals surface area contributed by atoms with E-state index in [0.29, 0.717) is 31.9 Å². The van der Waals surface area contributed by atoms with Crippen molar-refractivity contribution in [1.29, 1.82) is 0 Å². The Kier molecular flexibility index (Phi) is 6.25. The second-order valence-corrected chi connectivity index (χ2v) is 8.88. The van der Waals surface area contributed by atoms with E-state index in [-0.39, 0.29) is 24.2 Å². The highest BCUT2D eigenvalue weighted by atomic mass is 32.1. The molecule has 5 nitrogen and oxygen atoms in total. The molecular weight excluding hydrogens is 389 g/mol. The number of nitrogens with one attached hydrogen (secondary N) is 1. The number of rotatable bonds is 4. The Morgan fingerprint density at radius 3 is 2.62 bits per heavy atom. The fourth-order valence-corrected chi connectivity index (χ4v) is 5.23. The van der Waals surface area contributed by atoms with E-state index in [2.05, 4.69) is 11.4 Å². The Balaban J connectivity index is 1.28. The van der Waals surface area contributed by atoms with E-state index in [1.54, 1.807) is 23.5 Å². The van der Waals surface area contributed by atoms with Crippen molar-refractivity contribution >= 4 is 28.8 Å². The molecule has 0 spiro atoms. The number of carbonyl (C=O) groups excluding carboxylic acids is 2. The molecule has 1 aliphatic carbocycles. The molecule has 4 rings (SSSR count). The van der Waals surface area contributed by atoms with Gasteiger partial charge in [0.2, 0.25) is 5.91 Å². The molecule has 2 aliphatic rings. The first kappa shape index (κ1) is 20.0. The van der Waals surface area contributed by atoms with Crippen molar-refractivity contribution in [3.63, 3.8) is 0 Å². The number of halogens is 1. The second kappa shape index (κ2) is 9.05. The largest absolute Gasteiger partial charge is 0.335 e.